The molecule has 0 fully saturated rings. The van der Waals surface area contributed by atoms with Crippen LogP contribution in [0.25, 0.3) is 0 Å². The molecule has 0 spiro atoms. The Balaban J connectivity index is 1.93. The first-order valence-electron chi connectivity index (χ1n) is 6.76. The topological polar surface area (TPSA) is 52.5 Å². The van der Waals surface area contributed by atoms with Gasteiger partial charge in [-0.25, -0.2) is 0 Å². The van der Waals surface area contributed by atoms with Crippen LogP contribution >= 0.6 is 45.2 Å². The first kappa shape index (κ1) is 15.4. The molecule has 21 heavy (non-hydrogen) atoms. The molecule has 0 aromatic heterocycles. The molecule has 0 saturated carbocycles. The van der Waals surface area contributed by atoms with Crippen LogP contribution in [0.1, 0.15) is 22.7 Å². The summed E-state index contributed by atoms with van der Waals surface area (Å²) in [5, 5.41) is 22.9. The average Bonchev–Trinajstić information content (AvgIpc) is 2.40. The third kappa shape index (κ3) is 3.45. The van der Waals surface area contributed by atoms with Gasteiger partial charge in [-0.05, 0) is 112 Å². The van der Waals surface area contributed by atoms with Crippen molar-refractivity contribution < 1.29 is 10.2 Å². The van der Waals surface area contributed by atoms with Crippen molar-refractivity contribution in [1.29, 1.82) is 0 Å². The van der Waals surface area contributed by atoms with Gasteiger partial charge in [0.1, 0.15) is 0 Å². The summed E-state index contributed by atoms with van der Waals surface area (Å²) in [6.45, 7) is 0.892. The van der Waals surface area contributed by atoms with Crippen LogP contribution < -0.4 is 5.32 Å². The summed E-state index contributed by atoms with van der Waals surface area (Å²) in [7, 11) is 0. The Morgan fingerprint density at radius 1 is 1.00 bits per heavy atom. The largest absolute Gasteiger partial charge is 0.504 e. The molecule has 1 aliphatic heterocycles. The zero-order valence-corrected chi connectivity index (χ0v) is 15.6. The summed E-state index contributed by atoms with van der Waals surface area (Å²) < 4.78 is 2.47. The predicted molar refractivity (Wildman–Crippen MR) is 99.8 cm³/mol. The monoisotopic (exact) mass is 507 g/mol. The van der Waals surface area contributed by atoms with E-state index in [1.165, 1.54) is 12.7 Å². The van der Waals surface area contributed by atoms with E-state index in [-0.39, 0.29) is 17.5 Å². The molecular formula is C16H15I2NO2. The minimum Gasteiger partial charge on any atom is -0.504 e. The number of halogens is 2. The van der Waals surface area contributed by atoms with E-state index in [9.17, 15) is 10.2 Å². The van der Waals surface area contributed by atoms with E-state index >= 15 is 0 Å². The average molecular weight is 507 g/mol. The van der Waals surface area contributed by atoms with Gasteiger partial charge in [0.2, 0.25) is 0 Å². The van der Waals surface area contributed by atoms with E-state index in [0.29, 0.717) is 0 Å². The maximum Gasteiger partial charge on any atom is 0.157 e. The number of hydrogen-bond acceptors (Lipinski definition) is 3. The third-order valence-corrected chi connectivity index (χ3v) is 5.00. The number of phenolic OH excluding ortho intramolecular Hbond substituents is 2. The number of rotatable bonds is 2. The summed E-state index contributed by atoms with van der Waals surface area (Å²) in [5.74, 6) is -0.0714. The standard InChI is InChI=1S/C16H15I2NO2/c17-11-3-9(4-12(18)7-11)5-14-13-8-16(21)15(20)6-10(13)1-2-19-14/h3-4,6-8,14,19-21H,1-2,5H2/t14-/m0/s1. The van der Waals surface area contributed by atoms with Crippen LogP contribution in [0.4, 0.5) is 0 Å². The molecule has 5 heteroatoms. The number of phenols is 2. The number of benzene rings is 2. The highest BCUT2D eigenvalue weighted by atomic mass is 127. The lowest BCUT2D eigenvalue weighted by molar-refractivity contribution is 0.398. The van der Waals surface area contributed by atoms with Crippen molar-refractivity contribution >= 4 is 45.2 Å². The molecule has 3 nitrogen and oxygen atoms in total. The highest BCUT2D eigenvalue weighted by Crippen LogP contribution is 2.35. The fourth-order valence-corrected chi connectivity index (χ4v) is 4.88. The highest BCUT2D eigenvalue weighted by Gasteiger charge is 2.22. The van der Waals surface area contributed by atoms with Crippen LogP contribution in [0.15, 0.2) is 30.3 Å². The molecule has 1 aliphatic rings. The molecule has 2 aromatic carbocycles. The Morgan fingerprint density at radius 3 is 2.38 bits per heavy atom. The van der Waals surface area contributed by atoms with E-state index < -0.39 is 0 Å². The Labute approximate surface area is 151 Å². The van der Waals surface area contributed by atoms with Gasteiger partial charge in [-0.15, -0.1) is 0 Å². The maximum absolute atomic E-state index is 9.77. The van der Waals surface area contributed by atoms with Crippen molar-refractivity contribution in [1.82, 2.24) is 5.32 Å². The Hall–Kier alpha value is -0.540. The van der Waals surface area contributed by atoms with Crippen molar-refractivity contribution in [3.63, 3.8) is 0 Å². The fraction of sp³-hybridized carbons (Fsp3) is 0.250. The van der Waals surface area contributed by atoms with Gasteiger partial charge in [0, 0.05) is 13.2 Å². The molecular weight excluding hydrogens is 492 g/mol. The van der Waals surface area contributed by atoms with Crippen LogP contribution in [0, 0.1) is 7.14 Å². The first-order chi connectivity index (χ1) is 10.0. The van der Waals surface area contributed by atoms with Crippen LogP contribution in [-0.2, 0) is 12.8 Å². The van der Waals surface area contributed by atoms with Gasteiger partial charge in [0.25, 0.3) is 0 Å². The summed E-state index contributed by atoms with van der Waals surface area (Å²) in [4.78, 5) is 0. The second-order valence-electron chi connectivity index (χ2n) is 5.28. The minimum absolute atomic E-state index is 0.0294. The van der Waals surface area contributed by atoms with E-state index in [1.54, 1.807) is 12.1 Å². The molecule has 3 rings (SSSR count). The van der Waals surface area contributed by atoms with Crippen molar-refractivity contribution in [2.45, 2.75) is 18.9 Å². The van der Waals surface area contributed by atoms with Crippen LogP contribution in [0.2, 0.25) is 0 Å². The summed E-state index contributed by atoms with van der Waals surface area (Å²) in [5.41, 5.74) is 3.49. The predicted octanol–water partition coefficient (Wildman–Crippen LogP) is 3.74. The molecule has 0 radical (unpaired) electrons. The quantitative estimate of drug-likeness (QED) is 0.429. The Morgan fingerprint density at radius 2 is 1.67 bits per heavy atom. The molecule has 1 heterocycles. The van der Waals surface area contributed by atoms with Crippen LogP contribution in [-0.4, -0.2) is 16.8 Å². The second kappa shape index (κ2) is 6.29. The molecule has 0 bridgehead atoms. The van der Waals surface area contributed by atoms with E-state index in [4.69, 9.17) is 0 Å². The second-order valence-corrected chi connectivity index (χ2v) is 7.77. The highest BCUT2D eigenvalue weighted by molar-refractivity contribution is 14.1. The molecule has 110 valence electrons. The molecule has 0 unspecified atom stereocenters. The van der Waals surface area contributed by atoms with Gasteiger partial charge in [0.15, 0.2) is 11.5 Å². The van der Waals surface area contributed by atoms with Crippen molar-refractivity contribution in [3.05, 3.63) is 54.2 Å². The summed E-state index contributed by atoms with van der Waals surface area (Å²) >= 11 is 4.67. The zero-order chi connectivity index (χ0) is 15.0. The first-order valence-corrected chi connectivity index (χ1v) is 8.92. The maximum atomic E-state index is 9.77. The third-order valence-electron chi connectivity index (χ3n) is 3.76. The molecule has 0 saturated heterocycles. The van der Waals surface area contributed by atoms with Gasteiger partial charge < -0.3 is 15.5 Å². The Bertz CT molecular complexity index is 668. The number of aromatic hydroxyl groups is 2. The fourth-order valence-electron chi connectivity index (χ4n) is 2.81. The SMILES string of the molecule is Oc1cc2c(cc1O)[C@H](Cc1cc(I)cc(I)c1)NCC2. The summed E-state index contributed by atoms with van der Waals surface area (Å²) in [6.07, 6.45) is 1.76. The van der Waals surface area contributed by atoms with Gasteiger partial charge in [0.05, 0.1) is 0 Å². The lowest BCUT2D eigenvalue weighted by Gasteiger charge is -2.27. The van der Waals surface area contributed by atoms with Crippen LogP contribution in [0.3, 0.4) is 0 Å². The summed E-state index contributed by atoms with van der Waals surface area (Å²) in [6, 6.07) is 10.1. The molecule has 0 aliphatic carbocycles. The number of fused-ring (bicyclic) bond motifs is 1. The lowest BCUT2D eigenvalue weighted by Crippen LogP contribution is -2.31. The van der Waals surface area contributed by atoms with E-state index in [1.807, 2.05) is 0 Å². The molecule has 2 aromatic rings. The van der Waals surface area contributed by atoms with Gasteiger partial charge in [-0.2, -0.15) is 0 Å². The molecule has 3 N–H and O–H groups in total. The van der Waals surface area contributed by atoms with Gasteiger partial charge in [-0.3, -0.25) is 0 Å². The lowest BCUT2D eigenvalue weighted by atomic mass is 9.90. The molecule has 0 amide bonds. The Kier molecular flexibility index (Phi) is 4.60. The molecule has 1 atom stereocenters. The number of nitrogens with one attached hydrogen (secondary N) is 1. The zero-order valence-electron chi connectivity index (χ0n) is 11.2. The van der Waals surface area contributed by atoms with E-state index in [2.05, 4.69) is 68.7 Å². The normalized spacial score (nSPS) is 17.5. The van der Waals surface area contributed by atoms with E-state index in [0.717, 1.165) is 30.5 Å². The van der Waals surface area contributed by atoms with Crippen molar-refractivity contribution in [2.75, 3.05) is 6.54 Å². The number of hydrogen-bond donors (Lipinski definition) is 3. The van der Waals surface area contributed by atoms with Gasteiger partial charge in [-0.1, -0.05) is 0 Å². The van der Waals surface area contributed by atoms with Gasteiger partial charge >= 0.3 is 0 Å². The van der Waals surface area contributed by atoms with Crippen molar-refractivity contribution in [2.24, 2.45) is 0 Å². The smallest absolute Gasteiger partial charge is 0.157 e. The van der Waals surface area contributed by atoms with Crippen LogP contribution in [0.5, 0.6) is 11.5 Å². The minimum atomic E-state index is -0.0420. The van der Waals surface area contributed by atoms with Crippen molar-refractivity contribution in [3.8, 4) is 11.5 Å².